The SMILES string of the molecule is CC(CN(C)C)NCc1csc([N+](=O)[O-])c1. The molecule has 1 N–H and O–H groups in total. The quantitative estimate of drug-likeness (QED) is 0.610. The summed E-state index contributed by atoms with van der Waals surface area (Å²) >= 11 is 1.17. The molecule has 0 spiro atoms. The number of hydrogen-bond acceptors (Lipinski definition) is 5. The molecular weight excluding hydrogens is 226 g/mol. The molecule has 0 aromatic carbocycles. The molecule has 0 aliphatic rings. The van der Waals surface area contributed by atoms with Crippen molar-refractivity contribution in [3.05, 3.63) is 27.1 Å². The second-order valence-electron chi connectivity index (χ2n) is 4.09. The predicted octanol–water partition coefficient (Wildman–Crippen LogP) is 1.70. The van der Waals surface area contributed by atoms with Gasteiger partial charge in [-0.3, -0.25) is 10.1 Å². The Balaban J connectivity index is 2.39. The van der Waals surface area contributed by atoms with Gasteiger partial charge in [0.05, 0.1) is 4.92 Å². The molecule has 6 heteroatoms. The summed E-state index contributed by atoms with van der Waals surface area (Å²) in [4.78, 5) is 12.2. The third kappa shape index (κ3) is 4.26. The summed E-state index contributed by atoms with van der Waals surface area (Å²) in [5, 5.41) is 15.8. The van der Waals surface area contributed by atoms with Crippen LogP contribution in [0.1, 0.15) is 12.5 Å². The highest BCUT2D eigenvalue weighted by Crippen LogP contribution is 2.22. The number of thiophene rings is 1. The first-order valence-corrected chi connectivity index (χ1v) is 5.97. The standard InChI is InChI=1S/C10H17N3O2S/c1-8(6-12(2)3)11-5-9-4-10(13(14)15)16-7-9/h4,7-8,11H,5-6H2,1-3H3. The van der Waals surface area contributed by atoms with Gasteiger partial charge in [-0.2, -0.15) is 0 Å². The highest BCUT2D eigenvalue weighted by Gasteiger charge is 2.10. The fourth-order valence-electron chi connectivity index (χ4n) is 1.46. The average Bonchev–Trinajstić information content (AvgIpc) is 2.61. The highest BCUT2D eigenvalue weighted by molar-refractivity contribution is 7.13. The Labute approximate surface area is 99.2 Å². The molecule has 1 unspecified atom stereocenters. The molecule has 1 atom stereocenters. The molecule has 1 aromatic heterocycles. The minimum atomic E-state index is -0.350. The number of hydrogen-bond donors (Lipinski definition) is 1. The Kier molecular flexibility index (Phi) is 4.85. The molecule has 0 saturated heterocycles. The summed E-state index contributed by atoms with van der Waals surface area (Å²) < 4.78 is 0. The van der Waals surface area contributed by atoms with Gasteiger partial charge in [0, 0.05) is 30.6 Å². The van der Waals surface area contributed by atoms with Crippen LogP contribution in [0.15, 0.2) is 11.4 Å². The van der Waals surface area contributed by atoms with Crippen LogP contribution in [0.4, 0.5) is 5.00 Å². The second-order valence-corrected chi connectivity index (χ2v) is 4.98. The normalized spacial score (nSPS) is 13.0. The van der Waals surface area contributed by atoms with Crippen LogP contribution >= 0.6 is 11.3 Å². The minimum absolute atomic E-state index is 0.206. The zero-order chi connectivity index (χ0) is 12.1. The zero-order valence-corrected chi connectivity index (χ0v) is 10.6. The number of nitrogens with zero attached hydrogens (tertiary/aromatic N) is 2. The summed E-state index contributed by atoms with van der Waals surface area (Å²) in [6.07, 6.45) is 0. The first kappa shape index (κ1) is 13.1. The van der Waals surface area contributed by atoms with Gasteiger partial charge in [0.1, 0.15) is 0 Å². The number of nitro groups is 1. The van der Waals surface area contributed by atoms with Crippen molar-refractivity contribution in [3.63, 3.8) is 0 Å². The molecule has 0 aliphatic heterocycles. The average molecular weight is 243 g/mol. The van der Waals surface area contributed by atoms with Crippen molar-refractivity contribution in [1.82, 2.24) is 10.2 Å². The van der Waals surface area contributed by atoms with E-state index in [-0.39, 0.29) is 9.92 Å². The number of nitrogens with one attached hydrogen (secondary N) is 1. The topological polar surface area (TPSA) is 58.4 Å². The van der Waals surface area contributed by atoms with Gasteiger partial charge in [-0.25, -0.2) is 0 Å². The van der Waals surface area contributed by atoms with E-state index in [9.17, 15) is 10.1 Å². The van der Waals surface area contributed by atoms with Crippen molar-refractivity contribution in [3.8, 4) is 0 Å². The van der Waals surface area contributed by atoms with E-state index in [4.69, 9.17) is 0 Å². The van der Waals surface area contributed by atoms with E-state index in [1.807, 2.05) is 19.5 Å². The molecule has 0 bridgehead atoms. The summed E-state index contributed by atoms with van der Waals surface area (Å²) in [7, 11) is 4.04. The minimum Gasteiger partial charge on any atom is -0.309 e. The monoisotopic (exact) mass is 243 g/mol. The van der Waals surface area contributed by atoms with Gasteiger partial charge in [-0.1, -0.05) is 11.3 Å². The molecule has 0 radical (unpaired) electrons. The maximum Gasteiger partial charge on any atom is 0.324 e. The van der Waals surface area contributed by atoms with E-state index in [0.29, 0.717) is 12.6 Å². The molecule has 0 saturated carbocycles. The van der Waals surface area contributed by atoms with Gasteiger partial charge in [0.15, 0.2) is 0 Å². The predicted molar refractivity (Wildman–Crippen MR) is 65.8 cm³/mol. The van der Waals surface area contributed by atoms with Crippen LogP contribution < -0.4 is 5.32 Å². The van der Waals surface area contributed by atoms with E-state index < -0.39 is 0 Å². The number of rotatable bonds is 6. The van der Waals surface area contributed by atoms with Gasteiger partial charge < -0.3 is 10.2 Å². The van der Waals surface area contributed by atoms with Crippen molar-refractivity contribution in [2.75, 3.05) is 20.6 Å². The van der Waals surface area contributed by atoms with E-state index in [1.165, 1.54) is 11.3 Å². The van der Waals surface area contributed by atoms with Crippen LogP contribution in [0.2, 0.25) is 0 Å². The molecular formula is C10H17N3O2S. The Morgan fingerprint density at radius 1 is 1.62 bits per heavy atom. The molecule has 1 aromatic rings. The van der Waals surface area contributed by atoms with Crippen molar-refractivity contribution in [2.45, 2.75) is 19.5 Å². The van der Waals surface area contributed by atoms with Crippen LogP contribution in [-0.4, -0.2) is 36.5 Å². The van der Waals surface area contributed by atoms with E-state index in [1.54, 1.807) is 6.07 Å². The van der Waals surface area contributed by atoms with Crippen molar-refractivity contribution in [2.24, 2.45) is 0 Å². The maximum absolute atomic E-state index is 10.5. The van der Waals surface area contributed by atoms with Gasteiger partial charge in [0.2, 0.25) is 0 Å². The molecule has 0 amide bonds. The Bertz CT molecular complexity index is 352. The number of likely N-dealkylation sites (N-methyl/N-ethyl adjacent to an activating group) is 1. The van der Waals surface area contributed by atoms with Crippen molar-refractivity contribution in [1.29, 1.82) is 0 Å². The molecule has 1 heterocycles. The van der Waals surface area contributed by atoms with Crippen LogP contribution in [0.25, 0.3) is 0 Å². The molecule has 5 nitrogen and oxygen atoms in total. The Morgan fingerprint density at radius 3 is 2.81 bits per heavy atom. The Hall–Kier alpha value is -0.980. The van der Waals surface area contributed by atoms with Crippen LogP contribution in [0, 0.1) is 10.1 Å². The lowest BCUT2D eigenvalue weighted by atomic mass is 10.3. The van der Waals surface area contributed by atoms with Gasteiger partial charge >= 0.3 is 5.00 Å². The van der Waals surface area contributed by atoms with Gasteiger partial charge in [0.25, 0.3) is 0 Å². The summed E-state index contributed by atoms with van der Waals surface area (Å²) in [6, 6.07) is 1.99. The lowest BCUT2D eigenvalue weighted by molar-refractivity contribution is -0.380. The van der Waals surface area contributed by atoms with Crippen LogP contribution in [0.3, 0.4) is 0 Å². The van der Waals surface area contributed by atoms with E-state index >= 15 is 0 Å². The zero-order valence-electron chi connectivity index (χ0n) is 9.77. The van der Waals surface area contributed by atoms with Crippen molar-refractivity contribution >= 4 is 16.3 Å². The molecule has 0 fully saturated rings. The lowest BCUT2D eigenvalue weighted by Gasteiger charge is -2.17. The van der Waals surface area contributed by atoms with Crippen LogP contribution in [0.5, 0.6) is 0 Å². The molecule has 90 valence electrons. The maximum atomic E-state index is 10.5. The Morgan fingerprint density at radius 2 is 2.31 bits per heavy atom. The van der Waals surface area contributed by atoms with Crippen LogP contribution in [-0.2, 0) is 6.54 Å². The third-order valence-electron chi connectivity index (χ3n) is 2.11. The first-order chi connectivity index (χ1) is 7.49. The van der Waals surface area contributed by atoms with Crippen molar-refractivity contribution < 1.29 is 4.92 Å². The lowest BCUT2D eigenvalue weighted by Crippen LogP contribution is -2.35. The van der Waals surface area contributed by atoms with E-state index in [0.717, 1.165) is 12.1 Å². The summed E-state index contributed by atoms with van der Waals surface area (Å²) in [5.74, 6) is 0. The molecule has 1 rings (SSSR count). The third-order valence-corrected chi connectivity index (χ3v) is 3.04. The highest BCUT2D eigenvalue weighted by atomic mass is 32.1. The second kappa shape index (κ2) is 5.93. The molecule has 16 heavy (non-hydrogen) atoms. The largest absolute Gasteiger partial charge is 0.324 e. The molecule has 0 aliphatic carbocycles. The van der Waals surface area contributed by atoms with E-state index in [2.05, 4.69) is 17.1 Å². The van der Waals surface area contributed by atoms with Gasteiger partial charge in [-0.15, -0.1) is 0 Å². The summed E-state index contributed by atoms with van der Waals surface area (Å²) in [5.41, 5.74) is 0.974. The summed E-state index contributed by atoms with van der Waals surface area (Å²) in [6.45, 7) is 3.73. The first-order valence-electron chi connectivity index (χ1n) is 5.09. The van der Waals surface area contributed by atoms with Gasteiger partial charge in [-0.05, 0) is 26.6 Å². The fourth-order valence-corrected chi connectivity index (χ4v) is 2.18. The fraction of sp³-hybridized carbons (Fsp3) is 0.600. The smallest absolute Gasteiger partial charge is 0.309 e.